The molecule has 25 heavy (non-hydrogen) atoms. The summed E-state index contributed by atoms with van der Waals surface area (Å²) in [5.74, 6) is -0.496. The second-order valence-electron chi connectivity index (χ2n) is 6.78. The Morgan fingerprint density at radius 2 is 1.88 bits per heavy atom. The molecule has 7 nitrogen and oxygen atoms in total. The molecule has 0 aliphatic rings. The lowest BCUT2D eigenvalue weighted by atomic mass is 9.91. The van der Waals surface area contributed by atoms with Crippen LogP contribution >= 0.6 is 0 Å². The number of aromatic nitrogens is 2. The van der Waals surface area contributed by atoms with Gasteiger partial charge in [-0.3, -0.25) is 4.79 Å². The van der Waals surface area contributed by atoms with E-state index in [0.717, 1.165) is 24.4 Å². The molecule has 1 heterocycles. The van der Waals surface area contributed by atoms with E-state index in [-0.39, 0.29) is 6.42 Å². The van der Waals surface area contributed by atoms with Crippen molar-refractivity contribution in [2.24, 2.45) is 5.73 Å². The summed E-state index contributed by atoms with van der Waals surface area (Å²) >= 11 is 0. The third kappa shape index (κ3) is 7.13. The molecule has 0 bridgehead atoms. The van der Waals surface area contributed by atoms with Crippen LogP contribution in [0.25, 0.3) is 0 Å². The molecule has 144 valence electrons. The third-order valence-electron chi connectivity index (χ3n) is 4.64. The summed E-state index contributed by atoms with van der Waals surface area (Å²) in [6.45, 7) is 1.41. The number of nitrogens with one attached hydrogen (secondary N) is 1. The molecule has 0 fully saturated rings. The normalized spacial score (nSPS) is 15.0. The SMILES string of the molecule is CCCCCCCCCc1ncc(CCC(O)C(N)(CO)C(=O)O)[nH]1. The van der Waals surface area contributed by atoms with Gasteiger partial charge in [0.1, 0.15) is 5.82 Å². The standard InChI is InChI=1S/C18H33N3O4/c1-2-3-4-5-6-7-8-9-16-20-12-14(21-16)10-11-15(23)18(19,13-22)17(24)25/h12,15,22-23H,2-11,13,19H2,1H3,(H,20,21)(H,24,25). The first-order valence-corrected chi connectivity index (χ1v) is 9.28. The molecule has 0 aliphatic carbocycles. The summed E-state index contributed by atoms with van der Waals surface area (Å²) in [6, 6.07) is 0. The molecule has 0 saturated heterocycles. The topological polar surface area (TPSA) is 132 Å². The molecule has 2 atom stereocenters. The number of hydrogen-bond donors (Lipinski definition) is 5. The highest BCUT2D eigenvalue weighted by Crippen LogP contribution is 2.14. The van der Waals surface area contributed by atoms with E-state index in [2.05, 4.69) is 16.9 Å². The van der Waals surface area contributed by atoms with Crippen LogP contribution < -0.4 is 5.73 Å². The second kappa shape index (κ2) is 11.2. The number of unbranched alkanes of at least 4 members (excludes halogenated alkanes) is 6. The number of aliphatic hydroxyl groups is 2. The average Bonchev–Trinajstić information content (AvgIpc) is 3.05. The number of aliphatic carboxylic acids is 1. The van der Waals surface area contributed by atoms with Gasteiger partial charge in [0, 0.05) is 18.3 Å². The van der Waals surface area contributed by atoms with Crippen LogP contribution in [0, 0.1) is 0 Å². The number of hydrogen-bond acceptors (Lipinski definition) is 5. The van der Waals surface area contributed by atoms with Gasteiger partial charge in [0.2, 0.25) is 0 Å². The van der Waals surface area contributed by atoms with E-state index < -0.39 is 24.2 Å². The highest BCUT2D eigenvalue weighted by Gasteiger charge is 2.40. The maximum absolute atomic E-state index is 11.1. The maximum Gasteiger partial charge on any atom is 0.328 e. The van der Waals surface area contributed by atoms with Crippen molar-refractivity contribution in [2.75, 3.05) is 6.61 Å². The lowest BCUT2D eigenvalue weighted by molar-refractivity contribution is -0.150. The van der Waals surface area contributed by atoms with Crippen molar-refractivity contribution >= 4 is 5.97 Å². The Morgan fingerprint density at radius 1 is 1.24 bits per heavy atom. The number of H-pyrrole nitrogens is 1. The van der Waals surface area contributed by atoms with Crippen molar-refractivity contribution in [2.45, 2.75) is 82.8 Å². The Balaban J connectivity index is 2.30. The van der Waals surface area contributed by atoms with Crippen LogP contribution in [0.4, 0.5) is 0 Å². The van der Waals surface area contributed by atoms with Crippen molar-refractivity contribution in [3.05, 3.63) is 17.7 Å². The van der Waals surface area contributed by atoms with Crippen LogP contribution in [0.5, 0.6) is 0 Å². The highest BCUT2D eigenvalue weighted by atomic mass is 16.4. The zero-order chi connectivity index (χ0) is 18.7. The Hall–Kier alpha value is -1.44. The molecule has 0 aliphatic heterocycles. The fourth-order valence-electron chi connectivity index (χ4n) is 2.77. The molecule has 7 heteroatoms. The molecule has 0 saturated carbocycles. The zero-order valence-electron chi connectivity index (χ0n) is 15.2. The summed E-state index contributed by atoms with van der Waals surface area (Å²) in [7, 11) is 0. The van der Waals surface area contributed by atoms with Crippen LogP contribution in [0.1, 0.15) is 69.8 Å². The van der Waals surface area contributed by atoms with Crippen molar-refractivity contribution in [1.29, 1.82) is 0 Å². The molecular weight excluding hydrogens is 322 g/mol. The van der Waals surface area contributed by atoms with Gasteiger partial charge in [-0.25, -0.2) is 4.98 Å². The molecule has 2 unspecified atom stereocenters. The number of imidazole rings is 1. The van der Waals surface area contributed by atoms with E-state index in [4.69, 9.17) is 15.9 Å². The number of aliphatic hydroxyl groups excluding tert-OH is 2. The van der Waals surface area contributed by atoms with Gasteiger partial charge in [-0.1, -0.05) is 45.4 Å². The number of aromatic amines is 1. The summed E-state index contributed by atoms with van der Waals surface area (Å²) in [6.07, 6.45) is 10.6. The minimum Gasteiger partial charge on any atom is -0.480 e. The Labute approximate surface area is 149 Å². The molecule has 1 aromatic heterocycles. The van der Waals surface area contributed by atoms with Gasteiger partial charge < -0.3 is 26.0 Å². The number of aryl methyl sites for hydroxylation is 2. The van der Waals surface area contributed by atoms with Crippen LogP contribution in [-0.4, -0.2) is 49.5 Å². The molecule has 0 aromatic carbocycles. The number of carbonyl (C=O) groups is 1. The van der Waals surface area contributed by atoms with Gasteiger partial charge in [0.15, 0.2) is 5.54 Å². The van der Waals surface area contributed by atoms with Crippen molar-refractivity contribution in [1.82, 2.24) is 9.97 Å². The smallest absolute Gasteiger partial charge is 0.328 e. The number of carboxylic acids is 1. The first-order valence-electron chi connectivity index (χ1n) is 9.28. The van der Waals surface area contributed by atoms with E-state index in [9.17, 15) is 9.90 Å². The summed E-state index contributed by atoms with van der Waals surface area (Å²) in [5, 5.41) is 28.1. The third-order valence-corrected chi connectivity index (χ3v) is 4.64. The number of nitrogens with two attached hydrogens (primary N) is 1. The summed E-state index contributed by atoms with van der Waals surface area (Å²) in [4.78, 5) is 18.6. The van der Waals surface area contributed by atoms with Crippen LogP contribution in [-0.2, 0) is 17.6 Å². The van der Waals surface area contributed by atoms with E-state index in [0.29, 0.717) is 6.42 Å². The van der Waals surface area contributed by atoms with E-state index in [1.165, 1.54) is 38.5 Å². The number of rotatable bonds is 14. The van der Waals surface area contributed by atoms with E-state index in [1.807, 2.05) is 0 Å². The predicted octanol–water partition coefficient (Wildman–Crippen LogP) is 1.77. The Kier molecular flexibility index (Phi) is 9.70. The first kappa shape index (κ1) is 21.6. The quantitative estimate of drug-likeness (QED) is 0.323. The van der Waals surface area contributed by atoms with Crippen molar-refractivity contribution in [3.8, 4) is 0 Å². The summed E-state index contributed by atoms with van der Waals surface area (Å²) < 4.78 is 0. The van der Waals surface area contributed by atoms with Gasteiger partial charge in [0.05, 0.1) is 12.7 Å². The fraction of sp³-hybridized carbons (Fsp3) is 0.778. The minimum atomic E-state index is -2.03. The Morgan fingerprint density at radius 3 is 2.48 bits per heavy atom. The zero-order valence-corrected chi connectivity index (χ0v) is 15.2. The van der Waals surface area contributed by atoms with Crippen LogP contribution in [0.15, 0.2) is 6.20 Å². The lowest BCUT2D eigenvalue weighted by Crippen LogP contribution is -2.60. The first-order chi connectivity index (χ1) is 11.9. The molecule has 6 N–H and O–H groups in total. The lowest BCUT2D eigenvalue weighted by Gasteiger charge is -2.27. The largest absolute Gasteiger partial charge is 0.480 e. The van der Waals surface area contributed by atoms with E-state index >= 15 is 0 Å². The van der Waals surface area contributed by atoms with Gasteiger partial charge in [-0.05, 0) is 19.3 Å². The number of nitrogens with zero attached hydrogens (tertiary/aromatic N) is 1. The van der Waals surface area contributed by atoms with Gasteiger partial charge in [0.25, 0.3) is 0 Å². The molecule has 1 rings (SSSR count). The molecule has 0 amide bonds. The minimum absolute atomic E-state index is 0.141. The highest BCUT2D eigenvalue weighted by molar-refractivity contribution is 5.79. The molecule has 0 radical (unpaired) electrons. The molecular formula is C18H33N3O4. The fourth-order valence-corrected chi connectivity index (χ4v) is 2.77. The molecule has 1 aromatic rings. The monoisotopic (exact) mass is 355 g/mol. The second-order valence-corrected chi connectivity index (χ2v) is 6.78. The summed E-state index contributed by atoms with van der Waals surface area (Å²) in [5.41, 5.74) is 4.36. The van der Waals surface area contributed by atoms with Crippen LogP contribution in [0.3, 0.4) is 0 Å². The maximum atomic E-state index is 11.1. The van der Waals surface area contributed by atoms with Crippen molar-refractivity contribution < 1.29 is 20.1 Å². The van der Waals surface area contributed by atoms with Crippen molar-refractivity contribution in [3.63, 3.8) is 0 Å². The number of carboxylic acid groups (broad SMARTS) is 1. The predicted molar refractivity (Wildman–Crippen MR) is 96.3 cm³/mol. The average molecular weight is 355 g/mol. The molecule has 0 spiro atoms. The van der Waals surface area contributed by atoms with Gasteiger partial charge in [-0.15, -0.1) is 0 Å². The Bertz CT molecular complexity index is 506. The van der Waals surface area contributed by atoms with E-state index in [1.54, 1.807) is 6.20 Å². The van der Waals surface area contributed by atoms with Gasteiger partial charge in [-0.2, -0.15) is 0 Å². The van der Waals surface area contributed by atoms with Gasteiger partial charge >= 0.3 is 5.97 Å². The van der Waals surface area contributed by atoms with Crippen LogP contribution in [0.2, 0.25) is 0 Å².